The third kappa shape index (κ3) is 1.87. The highest BCUT2D eigenvalue weighted by Crippen LogP contribution is 2.22. The Kier molecular flexibility index (Phi) is 2.30. The molecule has 3 heterocycles. The highest BCUT2D eigenvalue weighted by Gasteiger charge is 2.09. The lowest BCUT2D eigenvalue weighted by Crippen LogP contribution is -2.05. The molecule has 0 aliphatic carbocycles. The van der Waals surface area contributed by atoms with Crippen molar-refractivity contribution in [3.8, 4) is 22.2 Å². The third-order valence-corrected chi connectivity index (χ3v) is 3.02. The molecule has 0 unspecified atom stereocenters. The second kappa shape index (κ2) is 3.95. The van der Waals surface area contributed by atoms with Gasteiger partial charge in [0.2, 0.25) is 5.82 Å². The van der Waals surface area contributed by atoms with Crippen molar-refractivity contribution in [2.24, 2.45) is 0 Å². The Balaban J connectivity index is 2.00. The van der Waals surface area contributed by atoms with Gasteiger partial charge in [0.1, 0.15) is 5.69 Å². The first-order chi connectivity index (χ1) is 8.33. The monoisotopic (exact) mass is 245 g/mol. The minimum Gasteiger partial charge on any atom is -0.268 e. The SMILES string of the molecule is O=c1ccc(-c2n[nH]c(-c3cccs3)n2)n[nH]1. The topological polar surface area (TPSA) is 87.3 Å². The van der Waals surface area contributed by atoms with Crippen molar-refractivity contribution in [2.45, 2.75) is 0 Å². The molecule has 3 rings (SSSR count). The van der Waals surface area contributed by atoms with Crippen LogP contribution in [0.3, 0.4) is 0 Å². The first-order valence-corrected chi connectivity index (χ1v) is 5.73. The Morgan fingerprint density at radius 1 is 1.12 bits per heavy atom. The zero-order chi connectivity index (χ0) is 11.7. The zero-order valence-corrected chi connectivity index (χ0v) is 9.36. The van der Waals surface area contributed by atoms with Crippen LogP contribution in [-0.2, 0) is 0 Å². The lowest BCUT2D eigenvalue weighted by atomic mass is 10.4. The van der Waals surface area contributed by atoms with Crippen LogP contribution in [0.2, 0.25) is 0 Å². The number of H-pyrrole nitrogens is 2. The van der Waals surface area contributed by atoms with Gasteiger partial charge in [0.25, 0.3) is 5.56 Å². The Morgan fingerprint density at radius 2 is 2.06 bits per heavy atom. The van der Waals surface area contributed by atoms with Gasteiger partial charge in [-0.05, 0) is 17.5 Å². The fourth-order valence-corrected chi connectivity index (χ4v) is 2.03. The molecule has 0 aliphatic rings. The fourth-order valence-electron chi connectivity index (χ4n) is 1.37. The average Bonchev–Trinajstić information content (AvgIpc) is 3.00. The van der Waals surface area contributed by atoms with Crippen molar-refractivity contribution < 1.29 is 0 Å². The van der Waals surface area contributed by atoms with Crippen molar-refractivity contribution in [3.05, 3.63) is 40.0 Å². The van der Waals surface area contributed by atoms with Crippen LogP contribution in [0.25, 0.3) is 22.2 Å². The molecule has 0 fully saturated rings. The van der Waals surface area contributed by atoms with Gasteiger partial charge in [-0.15, -0.1) is 11.3 Å². The second-order valence-corrected chi connectivity index (χ2v) is 4.24. The predicted octanol–water partition coefficient (Wildman–Crippen LogP) is 1.28. The number of nitrogens with zero attached hydrogens (tertiary/aromatic N) is 3. The van der Waals surface area contributed by atoms with Crippen LogP contribution in [0.1, 0.15) is 0 Å². The molecule has 6 nitrogen and oxygen atoms in total. The van der Waals surface area contributed by atoms with Gasteiger partial charge in [-0.1, -0.05) is 6.07 Å². The molecule has 0 spiro atoms. The summed E-state index contributed by atoms with van der Waals surface area (Å²) in [4.78, 5) is 16.2. The van der Waals surface area contributed by atoms with Crippen molar-refractivity contribution >= 4 is 11.3 Å². The summed E-state index contributed by atoms with van der Waals surface area (Å²) in [6.07, 6.45) is 0. The van der Waals surface area contributed by atoms with Crippen molar-refractivity contribution in [2.75, 3.05) is 0 Å². The molecule has 0 bridgehead atoms. The maximum absolute atomic E-state index is 10.9. The van der Waals surface area contributed by atoms with Gasteiger partial charge in [0.05, 0.1) is 4.88 Å². The smallest absolute Gasteiger partial charge is 0.264 e. The first-order valence-electron chi connectivity index (χ1n) is 4.85. The molecule has 0 atom stereocenters. The van der Waals surface area contributed by atoms with E-state index < -0.39 is 0 Å². The summed E-state index contributed by atoms with van der Waals surface area (Å²) >= 11 is 1.58. The maximum Gasteiger partial charge on any atom is 0.264 e. The molecular formula is C10H7N5OS. The minimum atomic E-state index is -0.247. The molecule has 0 aromatic carbocycles. The van der Waals surface area contributed by atoms with E-state index in [0.29, 0.717) is 17.3 Å². The van der Waals surface area contributed by atoms with E-state index in [9.17, 15) is 4.79 Å². The first kappa shape index (κ1) is 9.91. The molecule has 17 heavy (non-hydrogen) atoms. The van der Waals surface area contributed by atoms with E-state index in [1.807, 2.05) is 17.5 Å². The van der Waals surface area contributed by atoms with Crippen LogP contribution in [0.4, 0.5) is 0 Å². The quantitative estimate of drug-likeness (QED) is 0.712. The van der Waals surface area contributed by atoms with Crippen LogP contribution in [0.15, 0.2) is 34.4 Å². The molecular weight excluding hydrogens is 238 g/mol. The van der Waals surface area contributed by atoms with E-state index in [1.165, 1.54) is 6.07 Å². The Labute approximate surface area is 99.4 Å². The van der Waals surface area contributed by atoms with Crippen molar-refractivity contribution in [1.29, 1.82) is 0 Å². The van der Waals surface area contributed by atoms with Crippen molar-refractivity contribution in [1.82, 2.24) is 25.4 Å². The van der Waals surface area contributed by atoms with E-state index >= 15 is 0 Å². The van der Waals surface area contributed by atoms with E-state index in [-0.39, 0.29) is 5.56 Å². The summed E-state index contributed by atoms with van der Waals surface area (Å²) in [5.74, 6) is 1.16. The molecule has 0 amide bonds. The summed E-state index contributed by atoms with van der Waals surface area (Å²) in [6.45, 7) is 0. The summed E-state index contributed by atoms with van der Waals surface area (Å²) in [5.41, 5.74) is 0.284. The van der Waals surface area contributed by atoms with Gasteiger partial charge in [-0.3, -0.25) is 9.89 Å². The fraction of sp³-hybridized carbons (Fsp3) is 0. The Hall–Kier alpha value is -2.28. The van der Waals surface area contributed by atoms with Gasteiger partial charge >= 0.3 is 0 Å². The van der Waals surface area contributed by atoms with Crippen LogP contribution < -0.4 is 5.56 Å². The lowest BCUT2D eigenvalue weighted by Gasteiger charge is -1.90. The van der Waals surface area contributed by atoms with Crippen LogP contribution in [-0.4, -0.2) is 25.4 Å². The minimum absolute atomic E-state index is 0.247. The van der Waals surface area contributed by atoms with Crippen LogP contribution in [0, 0.1) is 0 Å². The highest BCUT2D eigenvalue weighted by molar-refractivity contribution is 7.13. The summed E-state index contributed by atoms with van der Waals surface area (Å²) < 4.78 is 0. The molecule has 3 aromatic heterocycles. The number of nitrogens with one attached hydrogen (secondary N) is 2. The summed E-state index contributed by atoms with van der Waals surface area (Å²) in [7, 11) is 0. The largest absolute Gasteiger partial charge is 0.268 e. The van der Waals surface area contributed by atoms with E-state index in [4.69, 9.17) is 0 Å². The highest BCUT2D eigenvalue weighted by atomic mass is 32.1. The molecule has 2 N–H and O–H groups in total. The molecule has 0 saturated carbocycles. The summed E-state index contributed by atoms with van der Waals surface area (Å²) in [5, 5.41) is 15.1. The standard InChI is InChI=1S/C10H7N5OS/c16-8-4-3-6(12-13-8)9-11-10(15-14-9)7-2-1-5-17-7/h1-5H,(H,13,16)(H,11,14,15). The lowest BCUT2D eigenvalue weighted by molar-refractivity contribution is 0.977. The predicted molar refractivity (Wildman–Crippen MR) is 63.5 cm³/mol. The second-order valence-electron chi connectivity index (χ2n) is 3.29. The van der Waals surface area contributed by atoms with Gasteiger partial charge < -0.3 is 0 Å². The number of rotatable bonds is 2. The van der Waals surface area contributed by atoms with Gasteiger partial charge in [0.15, 0.2) is 5.82 Å². The van der Waals surface area contributed by atoms with Crippen molar-refractivity contribution in [3.63, 3.8) is 0 Å². The number of aromatic amines is 2. The molecule has 0 radical (unpaired) electrons. The van der Waals surface area contributed by atoms with Crippen LogP contribution in [0.5, 0.6) is 0 Å². The zero-order valence-electron chi connectivity index (χ0n) is 8.54. The molecule has 84 valence electrons. The van der Waals surface area contributed by atoms with Gasteiger partial charge in [-0.25, -0.2) is 10.1 Å². The maximum atomic E-state index is 10.9. The molecule has 0 saturated heterocycles. The number of thiophene rings is 1. The van der Waals surface area contributed by atoms with Gasteiger partial charge in [0, 0.05) is 6.07 Å². The van der Waals surface area contributed by atoms with Crippen LogP contribution >= 0.6 is 11.3 Å². The van der Waals surface area contributed by atoms with Gasteiger partial charge in [-0.2, -0.15) is 10.2 Å². The van der Waals surface area contributed by atoms with E-state index in [2.05, 4.69) is 25.4 Å². The van der Waals surface area contributed by atoms with E-state index in [0.717, 1.165) is 4.88 Å². The Morgan fingerprint density at radius 3 is 2.76 bits per heavy atom. The normalized spacial score (nSPS) is 10.6. The number of hydrogen-bond donors (Lipinski definition) is 2. The van der Waals surface area contributed by atoms with E-state index in [1.54, 1.807) is 17.4 Å². The third-order valence-electron chi connectivity index (χ3n) is 2.15. The molecule has 7 heteroatoms. The number of aromatic nitrogens is 5. The summed E-state index contributed by atoms with van der Waals surface area (Å²) in [6, 6.07) is 6.87. The average molecular weight is 245 g/mol. The Bertz CT molecular complexity index is 664. The molecule has 3 aromatic rings. The molecule has 0 aliphatic heterocycles. The number of hydrogen-bond acceptors (Lipinski definition) is 5.